The third-order valence-electron chi connectivity index (χ3n) is 3.51. The molecule has 5 nitrogen and oxygen atoms in total. The summed E-state index contributed by atoms with van der Waals surface area (Å²) in [6, 6.07) is 5.43. The Bertz CT molecular complexity index is 542. The normalized spacial score (nSPS) is 20.3. The van der Waals surface area contributed by atoms with Crippen LogP contribution in [0.2, 0.25) is 0 Å². The Hall–Kier alpha value is -1.27. The predicted octanol–water partition coefficient (Wildman–Crippen LogP) is 1.30. The van der Waals surface area contributed by atoms with Crippen LogP contribution < -0.4 is 15.8 Å². The fourth-order valence-corrected chi connectivity index (χ4v) is 3.29. The highest BCUT2D eigenvalue weighted by molar-refractivity contribution is 7.89. The molecule has 1 aliphatic rings. The average Bonchev–Trinajstić information content (AvgIpc) is 2.75. The van der Waals surface area contributed by atoms with Crippen molar-refractivity contribution in [1.82, 2.24) is 0 Å². The summed E-state index contributed by atoms with van der Waals surface area (Å²) in [6.07, 6.45) is 3.26. The maximum atomic E-state index is 11.5. The summed E-state index contributed by atoms with van der Waals surface area (Å²) in [5.74, 6) is 0. The van der Waals surface area contributed by atoms with Gasteiger partial charge in [0.05, 0.1) is 11.4 Å². The van der Waals surface area contributed by atoms with E-state index in [0.29, 0.717) is 6.04 Å². The first-order valence-corrected chi connectivity index (χ1v) is 7.67. The van der Waals surface area contributed by atoms with Crippen molar-refractivity contribution in [3.05, 3.63) is 18.2 Å². The summed E-state index contributed by atoms with van der Waals surface area (Å²) in [4.78, 5) is 2.20. The molecule has 0 amide bonds. The number of nitrogens with two attached hydrogens (primary N) is 2. The first-order valence-electron chi connectivity index (χ1n) is 6.13. The molecule has 0 radical (unpaired) electrons. The van der Waals surface area contributed by atoms with Crippen LogP contribution >= 0.6 is 0 Å². The van der Waals surface area contributed by atoms with E-state index in [0.717, 1.165) is 31.5 Å². The van der Waals surface area contributed by atoms with Crippen molar-refractivity contribution in [2.24, 2.45) is 5.14 Å². The zero-order chi connectivity index (χ0) is 13.3. The van der Waals surface area contributed by atoms with Gasteiger partial charge in [-0.05, 0) is 31.4 Å². The van der Waals surface area contributed by atoms with E-state index >= 15 is 0 Å². The van der Waals surface area contributed by atoms with Gasteiger partial charge in [-0.3, -0.25) is 0 Å². The molecular formula is C12H19N3O2S. The molecule has 1 heterocycles. The van der Waals surface area contributed by atoms with Gasteiger partial charge < -0.3 is 10.6 Å². The minimum Gasteiger partial charge on any atom is -0.396 e. The van der Waals surface area contributed by atoms with Gasteiger partial charge in [0.2, 0.25) is 10.0 Å². The molecular weight excluding hydrogens is 250 g/mol. The van der Waals surface area contributed by atoms with Crippen LogP contribution in [0, 0.1) is 0 Å². The molecule has 1 atom stereocenters. The fraction of sp³-hybridized carbons (Fsp3) is 0.500. The number of sulfonamides is 1. The van der Waals surface area contributed by atoms with Crippen molar-refractivity contribution in [3.63, 3.8) is 0 Å². The number of para-hydroxylation sites is 1. The third kappa shape index (κ3) is 2.30. The Kier molecular flexibility index (Phi) is 3.49. The van der Waals surface area contributed by atoms with Crippen LogP contribution in [0.25, 0.3) is 0 Å². The number of benzene rings is 1. The lowest BCUT2D eigenvalue weighted by Gasteiger charge is -2.27. The largest absolute Gasteiger partial charge is 0.396 e. The predicted molar refractivity (Wildman–Crippen MR) is 72.9 cm³/mol. The van der Waals surface area contributed by atoms with Gasteiger partial charge in [0, 0.05) is 12.6 Å². The van der Waals surface area contributed by atoms with Gasteiger partial charge in [-0.15, -0.1) is 0 Å². The number of rotatable bonds is 3. The van der Waals surface area contributed by atoms with Gasteiger partial charge in [0.1, 0.15) is 4.90 Å². The zero-order valence-electron chi connectivity index (χ0n) is 10.5. The van der Waals surface area contributed by atoms with Crippen molar-refractivity contribution in [3.8, 4) is 0 Å². The monoisotopic (exact) mass is 269 g/mol. The van der Waals surface area contributed by atoms with Crippen molar-refractivity contribution in [1.29, 1.82) is 0 Å². The van der Waals surface area contributed by atoms with Crippen molar-refractivity contribution in [2.45, 2.75) is 37.1 Å². The van der Waals surface area contributed by atoms with Gasteiger partial charge >= 0.3 is 0 Å². The van der Waals surface area contributed by atoms with Gasteiger partial charge in [-0.2, -0.15) is 0 Å². The van der Waals surface area contributed by atoms with E-state index < -0.39 is 10.0 Å². The zero-order valence-corrected chi connectivity index (χ0v) is 11.3. The molecule has 1 fully saturated rings. The molecule has 1 aromatic rings. The third-order valence-corrected chi connectivity index (χ3v) is 4.48. The first-order chi connectivity index (χ1) is 8.45. The lowest BCUT2D eigenvalue weighted by molar-refractivity contribution is 0.598. The molecule has 0 spiro atoms. The summed E-state index contributed by atoms with van der Waals surface area (Å²) in [6.45, 7) is 3.04. The number of hydrogen-bond donors (Lipinski definition) is 2. The Morgan fingerprint density at radius 1 is 1.44 bits per heavy atom. The van der Waals surface area contributed by atoms with Crippen LogP contribution in [0.15, 0.2) is 23.1 Å². The molecule has 0 bridgehead atoms. The molecule has 100 valence electrons. The van der Waals surface area contributed by atoms with Crippen LogP contribution in [0.1, 0.15) is 26.2 Å². The van der Waals surface area contributed by atoms with E-state index in [1.807, 2.05) is 6.07 Å². The second-order valence-corrected chi connectivity index (χ2v) is 6.16. The average molecular weight is 269 g/mol. The highest BCUT2D eigenvalue weighted by Crippen LogP contribution is 2.34. The molecule has 4 N–H and O–H groups in total. The van der Waals surface area contributed by atoms with Crippen LogP contribution in [0.3, 0.4) is 0 Å². The molecule has 0 saturated carbocycles. The van der Waals surface area contributed by atoms with Gasteiger partial charge in [-0.25, -0.2) is 13.6 Å². The van der Waals surface area contributed by atoms with E-state index in [2.05, 4.69) is 11.8 Å². The van der Waals surface area contributed by atoms with E-state index in [1.165, 1.54) is 6.07 Å². The van der Waals surface area contributed by atoms with E-state index in [1.54, 1.807) is 6.07 Å². The number of anilines is 2. The minimum absolute atomic E-state index is 0.0155. The number of nitrogen functional groups attached to an aromatic ring is 1. The smallest absolute Gasteiger partial charge is 0.240 e. The van der Waals surface area contributed by atoms with Crippen LogP contribution in [-0.2, 0) is 10.0 Å². The second kappa shape index (κ2) is 4.78. The topological polar surface area (TPSA) is 89.4 Å². The van der Waals surface area contributed by atoms with Gasteiger partial charge in [0.15, 0.2) is 0 Å². The number of primary sulfonamides is 1. The van der Waals surface area contributed by atoms with Gasteiger partial charge in [-0.1, -0.05) is 13.0 Å². The van der Waals surface area contributed by atoms with Crippen LogP contribution in [-0.4, -0.2) is 21.0 Å². The highest BCUT2D eigenvalue weighted by Gasteiger charge is 2.26. The molecule has 2 rings (SSSR count). The first kappa shape index (κ1) is 13.2. The lowest BCUT2D eigenvalue weighted by atomic mass is 10.1. The Balaban J connectivity index is 2.47. The molecule has 6 heteroatoms. The molecule has 1 unspecified atom stereocenters. The molecule has 1 aromatic carbocycles. The quantitative estimate of drug-likeness (QED) is 0.809. The lowest BCUT2D eigenvalue weighted by Crippen LogP contribution is -2.29. The standard InChI is InChI=1S/C12H19N3O2S/c1-2-9-5-4-8-15(9)10-6-3-7-11(12(10)13)18(14,16)17/h3,6-7,9H,2,4-5,8,13H2,1H3,(H2,14,16,17). The summed E-state index contributed by atoms with van der Waals surface area (Å²) in [5, 5.41) is 5.17. The number of nitrogens with zero attached hydrogens (tertiary/aromatic N) is 1. The molecule has 0 aromatic heterocycles. The van der Waals surface area contributed by atoms with Crippen LogP contribution in [0.5, 0.6) is 0 Å². The Morgan fingerprint density at radius 3 is 2.78 bits per heavy atom. The Labute approximate surface area is 108 Å². The SMILES string of the molecule is CCC1CCCN1c1cccc(S(N)(=O)=O)c1N. The van der Waals surface area contributed by atoms with Crippen molar-refractivity contribution >= 4 is 21.4 Å². The van der Waals surface area contributed by atoms with Crippen LogP contribution in [0.4, 0.5) is 11.4 Å². The number of hydrogen-bond acceptors (Lipinski definition) is 4. The highest BCUT2D eigenvalue weighted by atomic mass is 32.2. The molecule has 18 heavy (non-hydrogen) atoms. The summed E-state index contributed by atoms with van der Waals surface area (Å²) in [5.41, 5.74) is 7.01. The maximum Gasteiger partial charge on any atom is 0.240 e. The van der Waals surface area contributed by atoms with Crippen molar-refractivity contribution in [2.75, 3.05) is 17.2 Å². The summed E-state index contributed by atoms with van der Waals surface area (Å²) < 4.78 is 22.9. The van der Waals surface area contributed by atoms with E-state index in [-0.39, 0.29) is 10.6 Å². The molecule has 0 aliphatic carbocycles. The molecule has 1 saturated heterocycles. The maximum absolute atomic E-state index is 11.5. The minimum atomic E-state index is -3.76. The summed E-state index contributed by atoms with van der Waals surface area (Å²) in [7, 11) is -3.76. The molecule has 1 aliphatic heterocycles. The Morgan fingerprint density at radius 2 is 2.17 bits per heavy atom. The fourth-order valence-electron chi connectivity index (χ4n) is 2.61. The van der Waals surface area contributed by atoms with Gasteiger partial charge in [0.25, 0.3) is 0 Å². The second-order valence-electron chi connectivity index (χ2n) is 4.63. The van der Waals surface area contributed by atoms with E-state index in [9.17, 15) is 8.42 Å². The summed E-state index contributed by atoms with van der Waals surface area (Å²) >= 11 is 0. The van der Waals surface area contributed by atoms with Crippen molar-refractivity contribution < 1.29 is 8.42 Å². The van der Waals surface area contributed by atoms with E-state index in [4.69, 9.17) is 10.9 Å².